The molecule has 1 atom stereocenters. The molecule has 1 aromatic heterocycles. The molecule has 1 unspecified atom stereocenters. The lowest BCUT2D eigenvalue weighted by Gasteiger charge is -2.38. The van der Waals surface area contributed by atoms with Crippen LogP contribution in [-0.4, -0.2) is 22.7 Å². The summed E-state index contributed by atoms with van der Waals surface area (Å²) in [6.45, 7) is 7.52. The van der Waals surface area contributed by atoms with E-state index in [2.05, 4.69) is 54.3 Å². The van der Waals surface area contributed by atoms with Gasteiger partial charge in [0.2, 0.25) is 0 Å². The Labute approximate surface area is 143 Å². The molecule has 0 fully saturated rings. The van der Waals surface area contributed by atoms with Crippen molar-refractivity contribution in [2.45, 2.75) is 52.0 Å². The van der Waals surface area contributed by atoms with Crippen LogP contribution in [0.5, 0.6) is 5.75 Å². The van der Waals surface area contributed by atoms with Crippen molar-refractivity contribution in [1.29, 1.82) is 0 Å². The first-order chi connectivity index (χ1) is 11.5. The van der Waals surface area contributed by atoms with Gasteiger partial charge in [-0.1, -0.05) is 12.1 Å². The van der Waals surface area contributed by atoms with Gasteiger partial charge in [-0.05, 0) is 32.4 Å². The summed E-state index contributed by atoms with van der Waals surface area (Å²) in [7, 11) is 1.64. The number of benzene rings is 1. The van der Waals surface area contributed by atoms with Gasteiger partial charge in [-0.15, -0.1) is 0 Å². The maximum atomic E-state index is 6.15. The average Bonchev–Trinajstić information content (AvgIpc) is 2.53. The van der Waals surface area contributed by atoms with Crippen LogP contribution >= 0.6 is 0 Å². The number of rotatable bonds is 5. The Hall–Kier alpha value is -1.98. The van der Waals surface area contributed by atoms with E-state index in [1.807, 2.05) is 12.4 Å². The van der Waals surface area contributed by atoms with Crippen LogP contribution in [0.3, 0.4) is 0 Å². The summed E-state index contributed by atoms with van der Waals surface area (Å²) < 4.78 is 11.2. The molecule has 0 amide bonds. The number of aromatic nitrogens is 2. The van der Waals surface area contributed by atoms with Crippen molar-refractivity contribution in [2.75, 3.05) is 7.11 Å². The minimum absolute atomic E-state index is 0.183. The predicted molar refractivity (Wildman–Crippen MR) is 92.8 cm³/mol. The Bertz CT molecular complexity index is 698. The highest BCUT2D eigenvalue weighted by Crippen LogP contribution is 2.39. The van der Waals surface area contributed by atoms with E-state index >= 15 is 0 Å². The van der Waals surface area contributed by atoms with Crippen LogP contribution in [0, 0.1) is 6.92 Å². The van der Waals surface area contributed by atoms with E-state index in [-0.39, 0.29) is 11.6 Å². The fraction of sp³-hybridized carbons (Fsp3) is 0.474. The molecule has 2 heterocycles. The second kappa shape index (κ2) is 6.87. The van der Waals surface area contributed by atoms with Crippen LogP contribution < -0.4 is 10.1 Å². The van der Waals surface area contributed by atoms with E-state index in [0.717, 1.165) is 24.3 Å². The number of hydrogen-bond acceptors (Lipinski definition) is 5. The van der Waals surface area contributed by atoms with Gasteiger partial charge in [0.05, 0.1) is 0 Å². The van der Waals surface area contributed by atoms with Crippen LogP contribution in [0.15, 0.2) is 30.6 Å². The highest BCUT2D eigenvalue weighted by Gasteiger charge is 2.33. The van der Waals surface area contributed by atoms with Gasteiger partial charge < -0.3 is 14.8 Å². The monoisotopic (exact) mass is 327 g/mol. The Morgan fingerprint density at radius 2 is 2.04 bits per heavy atom. The summed E-state index contributed by atoms with van der Waals surface area (Å²) in [4.78, 5) is 8.63. The highest BCUT2D eigenvalue weighted by molar-refractivity contribution is 5.41. The lowest BCUT2D eigenvalue weighted by molar-refractivity contribution is 0.0656. The van der Waals surface area contributed by atoms with E-state index in [1.54, 1.807) is 7.11 Å². The van der Waals surface area contributed by atoms with Crippen LogP contribution in [0.1, 0.15) is 48.8 Å². The molecular weight excluding hydrogens is 302 g/mol. The van der Waals surface area contributed by atoms with Gasteiger partial charge in [-0.2, -0.15) is 0 Å². The van der Waals surface area contributed by atoms with Crippen molar-refractivity contribution in [2.24, 2.45) is 0 Å². The third-order valence-electron chi connectivity index (χ3n) is 4.21. The number of ether oxygens (including phenoxy) is 2. The number of nitrogens with one attached hydrogen (secondary N) is 1. The smallest absolute Gasteiger partial charge is 0.153 e. The molecule has 5 heteroatoms. The normalized spacial score (nSPS) is 18.8. The summed E-state index contributed by atoms with van der Waals surface area (Å²) in [5.41, 5.74) is 3.31. The van der Waals surface area contributed by atoms with Crippen molar-refractivity contribution in [3.63, 3.8) is 0 Å². The van der Waals surface area contributed by atoms with E-state index in [1.165, 1.54) is 11.1 Å². The summed E-state index contributed by atoms with van der Waals surface area (Å²) in [5, 5.41) is 3.63. The van der Waals surface area contributed by atoms with Crippen molar-refractivity contribution in [3.8, 4) is 5.75 Å². The van der Waals surface area contributed by atoms with Crippen LogP contribution in [0.2, 0.25) is 0 Å². The van der Waals surface area contributed by atoms with Crippen LogP contribution in [0.4, 0.5) is 0 Å². The minimum Gasteiger partial charge on any atom is -0.487 e. The lowest BCUT2D eigenvalue weighted by Crippen LogP contribution is -2.39. The van der Waals surface area contributed by atoms with Crippen molar-refractivity contribution < 1.29 is 9.47 Å². The molecule has 5 nitrogen and oxygen atoms in total. The molecular formula is C19H25N3O2. The van der Waals surface area contributed by atoms with E-state index in [9.17, 15) is 0 Å². The minimum atomic E-state index is -0.183. The topological polar surface area (TPSA) is 56.3 Å². The third kappa shape index (κ3) is 3.91. The SMILES string of the molecule is COCc1ncc(CNC2CC(C)(C)Oc3cc(C)ccc32)cn1. The predicted octanol–water partition coefficient (Wildman–Crippen LogP) is 3.32. The Morgan fingerprint density at radius 1 is 1.29 bits per heavy atom. The van der Waals surface area contributed by atoms with Crippen molar-refractivity contribution in [3.05, 3.63) is 53.1 Å². The zero-order valence-electron chi connectivity index (χ0n) is 14.8. The second-order valence-electron chi connectivity index (χ2n) is 6.98. The van der Waals surface area contributed by atoms with E-state index in [0.29, 0.717) is 12.4 Å². The van der Waals surface area contributed by atoms with E-state index in [4.69, 9.17) is 9.47 Å². The zero-order valence-corrected chi connectivity index (χ0v) is 14.8. The first-order valence-corrected chi connectivity index (χ1v) is 8.28. The number of nitrogens with zero attached hydrogens (tertiary/aromatic N) is 2. The molecule has 0 saturated carbocycles. The molecule has 0 aliphatic carbocycles. The average molecular weight is 327 g/mol. The Balaban J connectivity index is 1.72. The molecule has 0 spiro atoms. The molecule has 0 radical (unpaired) electrons. The molecule has 1 aliphatic heterocycles. The zero-order chi connectivity index (χ0) is 17.2. The third-order valence-corrected chi connectivity index (χ3v) is 4.21. The van der Waals surface area contributed by atoms with Crippen LogP contribution in [-0.2, 0) is 17.9 Å². The van der Waals surface area contributed by atoms with Gasteiger partial charge >= 0.3 is 0 Å². The second-order valence-corrected chi connectivity index (χ2v) is 6.98. The van der Waals surface area contributed by atoms with Gasteiger partial charge in [-0.3, -0.25) is 0 Å². The van der Waals surface area contributed by atoms with Gasteiger partial charge in [0, 0.05) is 49.6 Å². The number of methoxy groups -OCH3 is 1. The standard InChI is InChI=1S/C19H25N3O2/c1-13-5-6-15-16(8-19(2,3)24-17(15)7-13)20-9-14-10-21-18(12-23-4)22-11-14/h5-7,10-11,16,20H,8-9,12H2,1-4H3. The molecule has 24 heavy (non-hydrogen) atoms. The fourth-order valence-electron chi connectivity index (χ4n) is 3.06. The van der Waals surface area contributed by atoms with Crippen LogP contribution in [0.25, 0.3) is 0 Å². The number of aryl methyl sites for hydroxylation is 1. The number of hydrogen-bond donors (Lipinski definition) is 1. The Kier molecular flexibility index (Phi) is 4.83. The van der Waals surface area contributed by atoms with Gasteiger partial charge in [-0.25, -0.2) is 9.97 Å². The summed E-state index contributed by atoms with van der Waals surface area (Å²) in [5.74, 6) is 1.68. The molecule has 1 N–H and O–H groups in total. The summed E-state index contributed by atoms with van der Waals surface area (Å²) in [6.07, 6.45) is 4.63. The van der Waals surface area contributed by atoms with Gasteiger partial charge in [0.1, 0.15) is 18.0 Å². The van der Waals surface area contributed by atoms with E-state index < -0.39 is 0 Å². The van der Waals surface area contributed by atoms with Crippen molar-refractivity contribution >= 4 is 0 Å². The number of fused-ring (bicyclic) bond motifs is 1. The largest absolute Gasteiger partial charge is 0.487 e. The summed E-state index contributed by atoms with van der Waals surface area (Å²) in [6, 6.07) is 6.67. The summed E-state index contributed by atoms with van der Waals surface area (Å²) >= 11 is 0. The Morgan fingerprint density at radius 3 is 2.75 bits per heavy atom. The molecule has 0 bridgehead atoms. The molecule has 1 aliphatic rings. The lowest BCUT2D eigenvalue weighted by atomic mass is 9.89. The molecule has 0 saturated heterocycles. The fourth-order valence-corrected chi connectivity index (χ4v) is 3.06. The first kappa shape index (κ1) is 16.9. The first-order valence-electron chi connectivity index (χ1n) is 8.28. The quantitative estimate of drug-likeness (QED) is 0.913. The molecule has 128 valence electrons. The van der Waals surface area contributed by atoms with Crippen molar-refractivity contribution in [1.82, 2.24) is 15.3 Å². The maximum Gasteiger partial charge on any atom is 0.153 e. The van der Waals surface area contributed by atoms with Gasteiger partial charge in [0.15, 0.2) is 5.82 Å². The molecule has 3 rings (SSSR count). The molecule has 1 aromatic carbocycles. The highest BCUT2D eigenvalue weighted by atomic mass is 16.5. The maximum absolute atomic E-state index is 6.15. The molecule has 2 aromatic rings. The van der Waals surface area contributed by atoms with Gasteiger partial charge in [0.25, 0.3) is 0 Å².